The van der Waals surface area contributed by atoms with E-state index in [0.29, 0.717) is 17.7 Å². The molecule has 0 unspecified atom stereocenters. The van der Waals surface area contributed by atoms with Crippen LogP contribution in [0.3, 0.4) is 0 Å². The van der Waals surface area contributed by atoms with Crippen molar-refractivity contribution >= 4 is 5.91 Å². The van der Waals surface area contributed by atoms with Gasteiger partial charge in [0, 0.05) is 26.1 Å². The molecule has 98 valence electrons. The zero-order valence-corrected chi connectivity index (χ0v) is 10.7. The smallest absolute Gasteiger partial charge is 0.222 e. The summed E-state index contributed by atoms with van der Waals surface area (Å²) in [6.07, 6.45) is 9.20. The Labute approximate surface area is 104 Å². The summed E-state index contributed by atoms with van der Waals surface area (Å²) in [4.78, 5) is 14.1. The predicted molar refractivity (Wildman–Crippen MR) is 67.6 cm³/mol. The van der Waals surface area contributed by atoms with Gasteiger partial charge in [0.15, 0.2) is 0 Å². The number of piperidine rings is 1. The van der Waals surface area contributed by atoms with E-state index in [1.807, 2.05) is 4.90 Å². The maximum Gasteiger partial charge on any atom is 0.222 e. The number of hydrogen-bond acceptors (Lipinski definition) is 2. The number of likely N-dealkylation sites (tertiary alicyclic amines) is 1. The second-order valence-electron chi connectivity index (χ2n) is 5.71. The first-order valence-electron chi connectivity index (χ1n) is 7.18. The molecule has 0 spiro atoms. The van der Waals surface area contributed by atoms with Crippen LogP contribution in [0.1, 0.15) is 51.4 Å². The van der Waals surface area contributed by atoms with Crippen LogP contribution in [0.2, 0.25) is 0 Å². The summed E-state index contributed by atoms with van der Waals surface area (Å²) in [5, 5.41) is 9.07. The van der Waals surface area contributed by atoms with Crippen LogP contribution in [0, 0.1) is 11.8 Å². The molecule has 1 aliphatic carbocycles. The third-order valence-electron chi connectivity index (χ3n) is 4.41. The summed E-state index contributed by atoms with van der Waals surface area (Å²) in [5.74, 6) is 1.42. The van der Waals surface area contributed by atoms with Crippen LogP contribution >= 0.6 is 0 Å². The fourth-order valence-corrected chi connectivity index (χ4v) is 3.13. The second kappa shape index (κ2) is 6.39. The van der Waals surface area contributed by atoms with Crippen LogP contribution in [0.5, 0.6) is 0 Å². The Balaban J connectivity index is 1.72. The summed E-state index contributed by atoms with van der Waals surface area (Å²) in [5.41, 5.74) is 0. The Morgan fingerprint density at radius 3 is 2.24 bits per heavy atom. The van der Waals surface area contributed by atoms with Crippen molar-refractivity contribution in [3.63, 3.8) is 0 Å². The number of rotatable bonds is 3. The molecule has 0 atom stereocenters. The monoisotopic (exact) mass is 239 g/mol. The summed E-state index contributed by atoms with van der Waals surface area (Å²) < 4.78 is 0. The highest BCUT2D eigenvalue weighted by atomic mass is 16.3. The minimum Gasteiger partial charge on any atom is -0.396 e. The molecule has 1 saturated carbocycles. The molecule has 1 aliphatic heterocycles. The van der Waals surface area contributed by atoms with Gasteiger partial charge in [-0.25, -0.2) is 0 Å². The fraction of sp³-hybridized carbons (Fsp3) is 0.929. The minimum atomic E-state index is 0.282. The molecule has 0 bridgehead atoms. The molecular weight excluding hydrogens is 214 g/mol. The Morgan fingerprint density at radius 2 is 1.65 bits per heavy atom. The maximum atomic E-state index is 12.1. The van der Waals surface area contributed by atoms with Crippen LogP contribution in [0.15, 0.2) is 0 Å². The molecule has 3 heteroatoms. The summed E-state index contributed by atoms with van der Waals surface area (Å²) in [6.45, 7) is 2.00. The van der Waals surface area contributed by atoms with Crippen molar-refractivity contribution in [2.75, 3.05) is 19.7 Å². The average molecular weight is 239 g/mol. The topological polar surface area (TPSA) is 40.5 Å². The zero-order valence-electron chi connectivity index (χ0n) is 10.7. The zero-order chi connectivity index (χ0) is 12.1. The number of nitrogens with zero attached hydrogens (tertiary/aromatic N) is 1. The van der Waals surface area contributed by atoms with E-state index in [-0.39, 0.29) is 6.61 Å². The SMILES string of the molecule is O=C(CC1CCCCC1)N1CCC(CO)CC1. The van der Waals surface area contributed by atoms with E-state index < -0.39 is 0 Å². The standard InChI is InChI=1S/C14H25NO2/c16-11-13-6-8-15(9-7-13)14(17)10-12-4-2-1-3-5-12/h12-13,16H,1-11H2. The van der Waals surface area contributed by atoms with E-state index in [9.17, 15) is 4.79 Å². The summed E-state index contributed by atoms with van der Waals surface area (Å²) in [7, 11) is 0. The molecule has 1 heterocycles. The first kappa shape index (κ1) is 12.9. The van der Waals surface area contributed by atoms with Crippen molar-refractivity contribution in [3.8, 4) is 0 Å². The van der Waals surface area contributed by atoms with Crippen molar-refractivity contribution in [1.29, 1.82) is 0 Å². The van der Waals surface area contributed by atoms with Crippen LogP contribution in [0.4, 0.5) is 0 Å². The summed E-state index contributed by atoms with van der Waals surface area (Å²) >= 11 is 0. The molecule has 0 radical (unpaired) electrons. The van der Waals surface area contributed by atoms with Crippen molar-refractivity contribution in [2.45, 2.75) is 51.4 Å². The van der Waals surface area contributed by atoms with E-state index in [2.05, 4.69) is 0 Å². The van der Waals surface area contributed by atoms with E-state index >= 15 is 0 Å². The van der Waals surface area contributed by atoms with Gasteiger partial charge >= 0.3 is 0 Å². The lowest BCUT2D eigenvalue weighted by Gasteiger charge is -2.32. The molecule has 0 aromatic heterocycles. The second-order valence-corrected chi connectivity index (χ2v) is 5.71. The highest BCUT2D eigenvalue weighted by Gasteiger charge is 2.24. The van der Waals surface area contributed by atoms with Gasteiger partial charge in [-0.2, -0.15) is 0 Å². The minimum absolute atomic E-state index is 0.282. The molecule has 2 aliphatic rings. The molecule has 2 rings (SSSR count). The van der Waals surface area contributed by atoms with Crippen molar-refractivity contribution in [2.24, 2.45) is 11.8 Å². The Bertz CT molecular complexity index is 241. The van der Waals surface area contributed by atoms with Crippen LogP contribution in [-0.4, -0.2) is 35.6 Å². The molecule has 2 fully saturated rings. The lowest BCUT2D eigenvalue weighted by Crippen LogP contribution is -2.40. The Morgan fingerprint density at radius 1 is 1.00 bits per heavy atom. The van der Waals surface area contributed by atoms with Crippen molar-refractivity contribution in [3.05, 3.63) is 0 Å². The normalized spacial score (nSPS) is 23.9. The maximum absolute atomic E-state index is 12.1. The molecular formula is C14H25NO2. The van der Waals surface area contributed by atoms with Gasteiger partial charge in [0.2, 0.25) is 5.91 Å². The van der Waals surface area contributed by atoms with Crippen LogP contribution in [-0.2, 0) is 4.79 Å². The van der Waals surface area contributed by atoms with Gasteiger partial charge in [-0.05, 0) is 37.5 Å². The molecule has 1 amide bonds. The van der Waals surface area contributed by atoms with E-state index in [4.69, 9.17) is 5.11 Å². The lowest BCUT2D eigenvalue weighted by atomic mass is 9.86. The van der Waals surface area contributed by atoms with Gasteiger partial charge in [-0.3, -0.25) is 4.79 Å². The first-order valence-corrected chi connectivity index (χ1v) is 7.18. The van der Waals surface area contributed by atoms with Gasteiger partial charge in [0.05, 0.1) is 0 Å². The number of aliphatic hydroxyl groups excluding tert-OH is 1. The molecule has 1 N–H and O–H groups in total. The van der Waals surface area contributed by atoms with Gasteiger partial charge in [0.25, 0.3) is 0 Å². The molecule has 0 aromatic carbocycles. The number of carbonyl (C=O) groups excluding carboxylic acids is 1. The highest BCUT2D eigenvalue weighted by Crippen LogP contribution is 2.27. The van der Waals surface area contributed by atoms with Gasteiger partial charge in [-0.15, -0.1) is 0 Å². The quantitative estimate of drug-likeness (QED) is 0.820. The molecule has 17 heavy (non-hydrogen) atoms. The number of carbonyl (C=O) groups is 1. The first-order chi connectivity index (χ1) is 8.29. The average Bonchev–Trinajstić information content (AvgIpc) is 2.40. The Hall–Kier alpha value is -0.570. The third kappa shape index (κ3) is 3.70. The molecule has 3 nitrogen and oxygen atoms in total. The van der Waals surface area contributed by atoms with Gasteiger partial charge < -0.3 is 10.0 Å². The van der Waals surface area contributed by atoms with E-state index in [0.717, 1.165) is 32.4 Å². The molecule has 0 aromatic rings. The van der Waals surface area contributed by atoms with Crippen LogP contribution < -0.4 is 0 Å². The predicted octanol–water partition coefficient (Wildman–Crippen LogP) is 2.19. The fourth-order valence-electron chi connectivity index (χ4n) is 3.13. The number of hydrogen-bond donors (Lipinski definition) is 1. The van der Waals surface area contributed by atoms with E-state index in [1.165, 1.54) is 32.1 Å². The number of amides is 1. The van der Waals surface area contributed by atoms with E-state index in [1.54, 1.807) is 0 Å². The highest BCUT2D eigenvalue weighted by molar-refractivity contribution is 5.76. The van der Waals surface area contributed by atoms with Crippen LogP contribution in [0.25, 0.3) is 0 Å². The molecule has 1 saturated heterocycles. The largest absolute Gasteiger partial charge is 0.396 e. The van der Waals surface area contributed by atoms with Gasteiger partial charge in [0.1, 0.15) is 0 Å². The Kier molecular flexibility index (Phi) is 4.84. The lowest BCUT2D eigenvalue weighted by molar-refractivity contribution is -0.134. The van der Waals surface area contributed by atoms with Crippen molar-refractivity contribution < 1.29 is 9.90 Å². The van der Waals surface area contributed by atoms with Gasteiger partial charge in [-0.1, -0.05) is 19.3 Å². The van der Waals surface area contributed by atoms with Crippen molar-refractivity contribution in [1.82, 2.24) is 4.90 Å². The summed E-state index contributed by atoms with van der Waals surface area (Å²) in [6, 6.07) is 0. The third-order valence-corrected chi connectivity index (χ3v) is 4.41. The number of aliphatic hydroxyl groups is 1.